The van der Waals surface area contributed by atoms with Gasteiger partial charge in [-0.05, 0) is 42.4 Å². The molecule has 1 aromatic carbocycles. The second-order valence-corrected chi connectivity index (χ2v) is 6.43. The van der Waals surface area contributed by atoms with Gasteiger partial charge in [-0.25, -0.2) is 0 Å². The minimum Gasteiger partial charge on any atom is -0.392 e. The Morgan fingerprint density at radius 3 is 2.83 bits per heavy atom. The summed E-state index contributed by atoms with van der Waals surface area (Å²) in [5.41, 5.74) is 1.23. The fourth-order valence-electron chi connectivity index (χ4n) is 3.31. The number of rotatable bonds is 4. The molecule has 1 nitrogen and oxygen atoms in total. The lowest BCUT2D eigenvalue weighted by Gasteiger charge is -2.34. The summed E-state index contributed by atoms with van der Waals surface area (Å²) in [5.74, 6) is 1.23. The number of aliphatic hydroxyl groups excluding tert-OH is 1. The summed E-state index contributed by atoms with van der Waals surface area (Å²) in [5, 5.41) is 10.5. The molecule has 1 aliphatic carbocycles. The third-order valence-electron chi connectivity index (χ3n) is 4.32. The van der Waals surface area contributed by atoms with Crippen molar-refractivity contribution in [2.24, 2.45) is 11.8 Å². The van der Waals surface area contributed by atoms with E-state index in [9.17, 15) is 5.11 Å². The Bertz CT molecular complexity index is 377. The maximum Gasteiger partial charge on any atom is 0.0611 e. The Morgan fingerprint density at radius 1 is 1.33 bits per heavy atom. The van der Waals surface area contributed by atoms with E-state index in [1.165, 1.54) is 37.7 Å². The lowest BCUT2D eigenvalue weighted by molar-refractivity contribution is 0.0464. The molecule has 0 heterocycles. The van der Waals surface area contributed by atoms with Gasteiger partial charge < -0.3 is 5.11 Å². The molecule has 2 rings (SSSR count). The van der Waals surface area contributed by atoms with Crippen molar-refractivity contribution < 1.29 is 5.11 Å². The fraction of sp³-hybridized carbons (Fsp3) is 0.625. The molecule has 3 unspecified atom stereocenters. The first kappa shape index (κ1) is 14.1. The SMILES string of the molecule is CCC1CCCCC1C(O)Cc1cccc(Br)c1. The van der Waals surface area contributed by atoms with Crippen molar-refractivity contribution in [2.45, 2.75) is 51.6 Å². The van der Waals surface area contributed by atoms with Crippen molar-refractivity contribution >= 4 is 15.9 Å². The molecule has 0 bridgehead atoms. The van der Waals surface area contributed by atoms with Crippen molar-refractivity contribution in [2.75, 3.05) is 0 Å². The number of hydrogen-bond acceptors (Lipinski definition) is 1. The number of benzene rings is 1. The minimum absolute atomic E-state index is 0.176. The topological polar surface area (TPSA) is 20.2 Å². The molecule has 18 heavy (non-hydrogen) atoms. The quantitative estimate of drug-likeness (QED) is 0.863. The summed E-state index contributed by atoms with van der Waals surface area (Å²) in [4.78, 5) is 0. The van der Waals surface area contributed by atoms with Crippen LogP contribution >= 0.6 is 15.9 Å². The van der Waals surface area contributed by atoms with Crippen LogP contribution in [0.3, 0.4) is 0 Å². The van der Waals surface area contributed by atoms with Gasteiger partial charge in [0.05, 0.1) is 6.10 Å². The monoisotopic (exact) mass is 310 g/mol. The predicted octanol–water partition coefficient (Wildman–Crippen LogP) is 4.57. The molecule has 1 N–H and O–H groups in total. The molecule has 0 spiro atoms. The lowest BCUT2D eigenvalue weighted by Crippen LogP contribution is -2.32. The van der Waals surface area contributed by atoms with Gasteiger partial charge in [-0.3, -0.25) is 0 Å². The van der Waals surface area contributed by atoms with Gasteiger partial charge in [-0.1, -0.05) is 60.7 Å². The van der Waals surface area contributed by atoms with Crippen LogP contribution < -0.4 is 0 Å². The zero-order valence-corrected chi connectivity index (χ0v) is 12.7. The minimum atomic E-state index is -0.176. The van der Waals surface area contributed by atoms with Crippen LogP contribution in [0.1, 0.15) is 44.6 Å². The first-order valence-corrected chi connectivity index (χ1v) is 7.92. The molecule has 0 saturated heterocycles. The van der Waals surface area contributed by atoms with Crippen LogP contribution in [-0.4, -0.2) is 11.2 Å². The summed E-state index contributed by atoms with van der Waals surface area (Å²) >= 11 is 3.49. The highest BCUT2D eigenvalue weighted by Gasteiger charge is 2.29. The normalized spacial score (nSPS) is 25.9. The number of aliphatic hydroxyl groups is 1. The third-order valence-corrected chi connectivity index (χ3v) is 4.81. The standard InChI is InChI=1S/C16H23BrO/c1-2-13-7-3-4-9-15(13)16(18)11-12-6-5-8-14(17)10-12/h5-6,8,10,13,15-16,18H,2-4,7,9,11H2,1H3. The highest BCUT2D eigenvalue weighted by Crippen LogP contribution is 2.35. The molecule has 0 aromatic heterocycles. The molecule has 3 atom stereocenters. The molecule has 1 fully saturated rings. The summed E-state index contributed by atoms with van der Waals surface area (Å²) in [6.07, 6.45) is 6.96. The van der Waals surface area contributed by atoms with Crippen molar-refractivity contribution in [3.05, 3.63) is 34.3 Å². The van der Waals surface area contributed by atoms with E-state index in [1.807, 2.05) is 12.1 Å². The maximum absolute atomic E-state index is 10.5. The summed E-state index contributed by atoms with van der Waals surface area (Å²) < 4.78 is 1.10. The second-order valence-electron chi connectivity index (χ2n) is 5.52. The Kier molecular flexibility index (Phi) is 5.25. The van der Waals surface area contributed by atoms with E-state index < -0.39 is 0 Å². The van der Waals surface area contributed by atoms with Gasteiger partial charge in [0.1, 0.15) is 0 Å². The van der Waals surface area contributed by atoms with Crippen LogP contribution in [0.15, 0.2) is 28.7 Å². The molecule has 0 aliphatic heterocycles. The van der Waals surface area contributed by atoms with Gasteiger partial charge in [0, 0.05) is 4.47 Å². The second kappa shape index (κ2) is 6.72. The smallest absolute Gasteiger partial charge is 0.0611 e. The fourth-order valence-corrected chi connectivity index (χ4v) is 3.75. The summed E-state index contributed by atoms with van der Waals surface area (Å²) in [6.45, 7) is 2.26. The Hall–Kier alpha value is -0.340. The van der Waals surface area contributed by atoms with Crippen LogP contribution in [0.25, 0.3) is 0 Å². The zero-order chi connectivity index (χ0) is 13.0. The van der Waals surface area contributed by atoms with E-state index in [1.54, 1.807) is 0 Å². The Morgan fingerprint density at radius 2 is 2.11 bits per heavy atom. The van der Waals surface area contributed by atoms with Gasteiger partial charge in [-0.15, -0.1) is 0 Å². The average Bonchev–Trinajstić information content (AvgIpc) is 2.38. The van der Waals surface area contributed by atoms with E-state index in [0.717, 1.165) is 16.8 Å². The van der Waals surface area contributed by atoms with Crippen LogP contribution in [0, 0.1) is 11.8 Å². The highest BCUT2D eigenvalue weighted by atomic mass is 79.9. The van der Waals surface area contributed by atoms with Crippen molar-refractivity contribution in [1.82, 2.24) is 0 Å². The van der Waals surface area contributed by atoms with Crippen LogP contribution in [-0.2, 0) is 6.42 Å². The molecule has 1 aliphatic rings. The Labute approximate surface area is 119 Å². The molecule has 1 saturated carbocycles. The molecular weight excluding hydrogens is 288 g/mol. The molecule has 2 heteroatoms. The molecule has 100 valence electrons. The van der Waals surface area contributed by atoms with Crippen LogP contribution in [0.4, 0.5) is 0 Å². The van der Waals surface area contributed by atoms with Crippen molar-refractivity contribution in [3.8, 4) is 0 Å². The average molecular weight is 311 g/mol. The zero-order valence-electron chi connectivity index (χ0n) is 11.1. The highest BCUT2D eigenvalue weighted by molar-refractivity contribution is 9.10. The van der Waals surface area contributed by atoms with E-state index in [-0.39, 0.29) is 6.10 Å². The van der Waals surface area contributed by atoms with Crippen molar-refractivity contribution in [3.63, 3.8) is 0 Å². The lowest BCUT2D eigenvalue weighted by atomic mass is 9.74. The van der Waals surface area contributed by atoms with Crippen molar-refractivity contribution in [1.29, 1.82) is 0 Å². The number of hydrogen-bond donors (Lipinski definition) is 1. The summed E-state index contributed by atoms with van der Waals surface area (Å²) in [6, 6.07) is 8.31. The Balaban J connectivity index is 1.99. The van der Waals surface area contributed by atoms with E-state index >= 15 is 0 Å². The van der Waals surface area contributed by atoms with Crippen LogP contribution in [0.2, 0.25) is 0 Å². The van der Waals surface area contributed by atoms with Gasteiger partial charge >= 0.3 is 0 Å². The maximum atomic E-state index is 10.5. The van der Waals surface area contributed by atoms with Gasteiger partial charge in [0.2, 0.25) is 0 Å². The molecular formula is C16H23BrO. The van der Waals surface area contributed by atoms with E-state index in [0.29, 0.717) is 5.92 Å². The van der Waals surface area contributed by atoms with Gasteiger partial charge in [0.25, 0.3) is 0 Å². The van der Waals surface area contributed by atoms with E-state index in [4.69, 9.17) is 0 Å². The first-order valence-electron chi connectivity index (χ1n) is 7.13. The molecule has 1 aromatic rings. The number of halogens is 1. The summed E-state index contributed by atoms with van der Waals surface area (Å²) in [7, 11) is 0. The van der Waals surface area contributed by atoms with E-state index in [2.05, 4.69) is 35.0 Å². The molecule has 0 amide bonds. The molecule has 0 radical (unpaired) electrons. The predicted molar refractivity (Wildman–Crippen MR) is 79.6 cm³/mol. The first-order chi connectivity index (χ1) is 8.70. The largest absolute Gasteiger partial charge is 0.392 e. The van der Waals surface area contributed by atoms with Gasteiger partial charge in [0.15, 0.2) is 0 Å². The van der Waals surface area contributed by atoms with Gasteiger partial charge in [-0.2, -0.15) is 0 Å². The van der Waals surface area contributed by atoms with Crippen LogP contribution in [0.5, 0.6) is 0 Å². The third kappa shape index (κ3) is 3.58.